The summed E-state index contributed by atoms with van der Waals surface area (Å²) in [5, 5.41) is 0. The van der Waals surface area contributed by atoms with Crippen molar-refractivity contribution < 1.29 is 14.3 Å². The summed E-state index contributed by atoms with van der Waals surface area (Å²) < 4.78 is 10.1. The summed E-state index contributed by atoms with van der Waals surface area (Å²) in [7, 11) is 1.32. The summed E-state index contributed by atoms with van der Waals surface area (Å²) in [5.41, 5.74) is 6.41. The van der Waals surface area contributed by atoms with Crippen LogP contribution in [-0.4, -0.2) is 24.7 Å². The fourth-order valence-electron chi connectivity index (χ4n) is 1.89. The minimum atomic E-state index is -0.487. The Kier molecular flexibility index (Phi) is 4.02. The van der Waals surface area contributed by atoms with Gasteiger partial charge in [-0.05, 0) is 24.5 Å². The number of rotatable bonds is 5. The molecule has 1 fully saturated rings. The van der Waals surface area contributed by atoms with Crippen molar-refractivity contribution in [3.63, 3.8) is 0 Å². The van der Waals surface area contributed by atoms with E-state index in [0.717, 1.165) is 12.3 Å². The van der Waals surface area contributed by atoms with E-state index >= 15 is 0 Å². The summed E-state index contributed by atoms with van der Waals surface area (Å²) in [4.78, 5) is 15.4. The lowest BCUT2D eigenvalue weighted by molar-refractivity contribution is 0.0592. The average Bonchev–Trinajstić information content (AvgIpc) is 2.33. The third-order valence-corrected chi connectivity index (χ3v) is 3.27. The Morgan fingerprint density at radius 3 is 2.89 bits per heavy atom. The number of nitrogens with zero attached hydrogens (tertiary/aromatic N) is 1. The fraction of sp³-hybridized carbons (Fsp3) is 0.538. The minimum Gasteiger partial charge on any atom is -0.476 e. The van der Waals surface area contributed by atoms with Crippen LogP contribution in [0.5, 0.6) is 5.88 Å². The fourth-order valence-corrected chi connectivity index (χ4v) is 1.89. The molecule has 0 spiro atoms. The van der Waals surface area contributed by atoms with Crippen molar-refractivity contribution in [3.8, 4) is 5.88 Å². The van der Waals surface area contributed by atoms with E-state index in [1.165, 1.54) is 32.4 Å². The molecule has 0 atom stereocenters. The first-order valence-corrected chi connectivity index (χ1v) is 6.18. The van der Waals surface area contributed by atoms with Gasteiger partial charge < -0.3 is 15.2 Å². The lowest BCUT2D eigenvalue weighted by atomic mass is 9.83. The second-order valence-corrected chi connectivity index (χ2v) is 4.52. The smallest absolute Gasteiger partial charge is 0.356 e. The molecule has 0 radical (unpaired) electrons. The highest BCUT2D eigenvalue weighted by atomic mass is 16.5. The van der Waals surface area contributed by atoms with Crippen LogP contribution in [0.1, 0.15) is 36.2 Å². The van der Waals surface area contributed by atoms with Crippen LogP contribution in [0.4, 0.5) is 5.69 Å². The van der Waals surface area contributed by atoms with Crippen molar-refractivity contribution in [1.82, 2.24) is 4.98 Å². The van der Waals surface area contributed by atoms with E-state index in [2.05, 4.69) is 9.72 Å². The largest absolute Gasteiger partial charge is 0.476 e. The first-order chi connectivity index (χ1) is 8.70. The van der Waals surface area contributed by atoms with E-state index in [1.54, 1.807) is 6.07 Å². The van der Waals surface area contributed by atoms with Crippen LogP contribution in [0, 0.1) is 5.92 Å². The van der Waals surface area contributed by atoms with Gasteiger partial charge in [0.25, 0.3) is 0 Å². The van der Waals surface area contributed by atoms with Gasteiger partial charge in [0.2, 0.25) is 5.88 Å². The Labute approximate surface area is 106 Å². The Bertz CT molecular complexity index is 430. The summed E-state index contributed by atoms with van der Waals surface area (Å²) in [5.74, 6) is 0.603. The highest BCUT2D eigenvalue weighted by molar-refractivity contribution is 5.87. The summed E-state index contributed by atoms with van der Waals surface area (Å²) in [6.07, 6.45) is 4.91. The average molecular weight is 250 g/mol. The second kappa shape index (κ2) is 5.71. The van der Waals surface area contributed by atoms with Crippen LogP contribution >= 0.6 is 0 Å². The van der Waals surface area contributed by atoms with E-state index in [4.69, 9.17) is 10.5 Å². The molecule has 2 N–H and O–H groups in total. The van der Waals surface area contributed by atoms with Crippen molar-refractivity contribution in [2.24, 2.45) is 5.92 Å². The molecule has 1 heterocycles. The Morgan fingerprint density at radius 2 is 2.28 bits per heavy atom. The highest BCUT2D eigenvalue weighted by Crippen LogP contribution is 2.29. The number of pyridine rings is 1. The standard InChI is InChI=1S/C13H18N2O3/c1-17-13(16)11-6-5-10(14)12(15-11)18-8-7-9-3-2-4-9/h5-6,9H,2-4,7-8,14H2,1H3. The van der Waals surface area contributed by atoms with E-state index in [-0.39, 0.29) is 5.69 Å². The second-order valence-electron chi connectivity index (χ2n) is 4.52. The van der Waals surface area contributed by atoms with Crippen molar-refractivity contribution in [3.05, 3.63) is 17.8 Å². The number of hydrogen-bond acceptors (Lipinski definition) is 5. The lowest BCUT2D eigenvalue weighted by Crippen LogP contribution is -2.15. The summed E-state index contributed by atoms with van der Waals surface area (Å²) >= 11 is 0. The predicted octanol–water partition coefficient (Wildman–Crippen LogP) is 2.02. The van der Waals surface area contributed by atoms with Crippen LogP contribution in [0.15, 0.2) is 12.1 Å². The van der Waals surface area contributed by atoms with Crippen molar-refractivity contribution in [2.45, 2.75) is 25.7 Å². The van der Waals surface area contributed by atoms with Crippen molar-refractivity contribution in [2.75, 3.05) is 19.5 Å². The molecule has 0 amide bonds. The van der Waals surface area contributed by atoms with Crippen LogP contribution in [0.3, 0.4) is 0 Å². The zero-order valence-corrected chi connectivity index (χ0v) is 10.5. The van der Waals surface area contributed by atoms with E-state index in [1.807, 2.05) is 0 Å². The van der Waals surface area contributed by atoms with Crippen LogP contribution in [0.2, 0.25) is 0 Å². The number of carbonyl (C=O) groups excluding carboxylic acids is 1. The van der Waals surface area contributed by atoms with Gasteiger partial charge in [-0.25, -0.2) is 9.78 Å². The molecule has 0 saturated heterocycles. The van der Waals surface area contributed by atoms with Gasteiger partial charge in [0, 0.05) is 0 Å². The van der Waals surface area contributed by atoms with Gasteiger partial charge in [0.05, 0.1) is 19.4 Å². The first kappa shape index (κ1) is 12.7. The van der Waals surface area contributed by atoms with Crippen molar-refractivity contribution >= 4 is 11.7 Å². The molecule has 0 unspecified atom stereocenters. The molecule has 1 aromatic rings. The zero-order valence-electron chi connectivity index (χ0n) is 10.5. The molecule has 0 aromatic carbocycles. The van der Waals surface area contributed by atoms with Crippen LogP contribution in [-0.2, 0) is 4.74 Å². The van der Waals surface area contributed by atoms with Crippen LogP contribution < -0.4 is 10.5 Å². The Balaban J connectivity index is 1.94. The maximum atomic E-state index is 11.3. The maximum Gasteiger partial charge on any atom is 0.356 e. The molecule has 1 aliphatic rings. The molecule has 2 rings (SSSR count). The molecular formula is C13H18N2O3. The maximum absolute atomic E-state index is 11.3. The molecule has 0 bridgehead atoms. The number of carbonyl (C=O) groups is 1. The monoisotopic (exact) mass is 250 g/mol. The van der Waals surface area contributed by atoms with Gasteiger partial charge >= 0.3 is 5.97 Å². The van der Waals surface area contributed by atoms with Gasteiger partial charge in [-0.1, -0.05) is 19.3 Å². The molecule has 1 saturated carbocycles. The number of ether oxygens (including phenoxy) is 2. The zero-order chi connectivity index (χ0) is 13.0. The number of methoxy groups -OCH3 is 1. The number of nitrogens with two attached hydrogens (primary N) is 1. The number of aromatic nitrogens is 1. The normalized spacial score (nSPS) is 14.9. The van der Waals surface area contributed by atoms with E-state index in [0.29, 0.717) is 18.2 Å². The lowest BCUT2D eigenvalue weighted by Gasteiger charge is -2.24. The summed E-state index contributed by atoms with van der Waals surface area (Å²) in [6, 6.07) is 3.14. The van der Waals surface area contributed by atoms with Gasteiger partial charge in [0.15, 0.2) is 5.69 Å². The van der Waals surface area contributed by atoms with Gasteiger partial charge in [-0.2, -0.15) is 0 Å². The Hall–Kier alpha value is -1.78. The number of nitrogen functional groups attached to an aromatic ring is 1. The molecule has 5 heteroatoms. The number of anilines is 1. The highest BCUT2D eigenvalue weighted by Gasteiger charge is 2.17. The molecule has 5 nitrogen and oxygen atoms in total. The van der Waals surface area contributed by atoms with Gasteiger partial charge in [0.1, 0.15) is 0 Å². The third kappa shape index (κ3) is 2.91. The topological polar surface area (TPSA) is 74.4 Å². The SMILES string of the molecule is COC(=O)c1ccc(N)c(OCCC2CCC2)n1. The molecular weight excluding hydrogens is 232 g/mol. The number of esters is 1. The van der Waals surface area contributed by atoms with Crippen molar-refractivity contribution in [1.29, 1.82) is 0 Å². The summed E-state index contributed by atoms with van der Waals surface area (Å²) in [6.45, 7) is 0.590. The van der Waals surface area contributed by atoms with Gasteiger partial charge in [-0.15, -0.1) is 0 Å². The third-order valence-electron chi connectivity index (χ3n) is 3.27. The predicted molar refractivity (Wildman–Crippen MR) is 67.4 cm³/mol. The minimum absolute atomic E-state index is 0.213. The first-order valence-electron chi connectivity index (χ1n) is 6.18. The van der Waals surface area contributed by atoms with E-state index in [9.17, 15) is 4.79 Å². The molecule has 0 aliphatic heterocycles. The van der Waals surface area contributed by atoms with Gasteiger partial charge in [-0.3, -0.25) is 0 Å². The quantitative estimate of drug-likeness (QED) is 0.809. The molecule has 1 aromatic heterocycles. The Morgan fingerprint density at radius 1 is 1.50 bits per heavy atom. The van der Waals surface area contributed by atoms with Crippen LogP contribution in [0.25, 0.3) is 0 Å². The molecule has 1 aliphatic carbocycles. The molecule has 18 heavy (non-hydrogen) atoms. The molecule has 98 valence electrons. The number of hydrogen-bond donors (Lipinski definition) is 1. The van der Waals surface area contributed by atoms with E-state index < -0.39 is 5.97 Å².